The summed E-state index contributed by atoms with van der Waals surface area (Å²) in [7, 11) is 1.69. The van der Waals surface area contributed by atoms with Gasteiger partial charge >= 0.3 is 5.69 Å². The van der Waals surface area contributed by atoms with E-state index in [0.717, 1.165) is 11.0 Å². The van der Waals surface area contributed by atoms with E-state index in [0.29, 0.717) is 17.3 Å². The SMILES string of the molecule is CC(=O)Nc1cc(Oc2ccc3[nH]c(=O)n(C)c3c2)ccn1. The van der Waals surface area contributed by atoms with Crippen LogP contribution < -0.4 is 15.7 Å². The van der Waals surface area contributed by atoms with Crippen LogP contribution in [0.4, 0.5) is 5.82 Å². The molecule has 1 aromatic carbocycles. The highest BCUT2D eigenvalue weighted by Crippen LogP contribution is 2.25. The van der Waals surface area contributed by atoms with E-state index in [1.165, 1.54) is 11.5 Å². The standard InChI is InChI=1S/C15H14N4O3/c1-9(20)17-14-8-11(5-6-16-14)22-10-3-4-12-13(7-10)19(2)15(21)18-12/h3-8H,1-2H3,(H,18,21)(H,16,17,20). The Hall–Kier alpha value is -3.09. The summed E-state index contributed by atoms with van der Waals surface area (Å²) in [5.41, 5.74) is 1.32. The summed E-state index contributed by atoms with van der Waals surface area (Å²) in [6.45, 7) is 1.41. The molecule has 2 N–H and O–H groups in total. The normalized spacial score (nSPS) is 10.6. The van der Waals surface area contributed by atoms with Crippen LogP contribution in [-0.2, 0) is 11.8 Å². The molecule has 0 atom stereocenters. The van der Waals surface area contributed by atoms with Crippen LogP contribution in [-0.4, -0.2) is 20.4 Å². The lowest BCUT2D eigenvalue weighted by molar-refractivity contribution is -0.114. The van der Waals surface area contributed by atoms with Crippen LogP contribution in [0.2, 0.25) is 0 Å². The maximum Gasteiger partial charge on any atom is 0.326 e. The van der Waals surface area contributed by atoms with Gasteiger partial charge in [-0.2, -0.15) is 0 Å². The van der Waals surface area contributed by atoms with Crippen molar-refractivity contribution in [3.05, 3.63) is 47.0 Å². The number of aromatic nitrogens is 3. The Bertz CT molecular complexity index is 911. The number of ether oxygens (including phenoxy) is 1. The summed E-state index contributed by atoms with van der Waals surface area (Å²) >= 11 is 0. The minimum absolute atomic E-state index is 0.177. The Morgan fingerprint density at radius 1 is 1.27 bits per heavy atom. The van der Waals surface area contributed by atoms with Crippen LogP contribution >= 0.6 is 0 Å². The number of pyridine rings is 1. The van der Waals surface area contributed by atoms with Crippen molar-refractivity contribution in [1.82, 2.24) is 14.5 Å². The van der Waals surface area contributed by atoms with Crippen molar-refractivity contribution in [3.8, 4) is 11.5 Å². The van der Waals surface area contributed by atoms with Gasteiger partial charge in [-0.3, -0.25) is 9.36 Å². The largest absolute Gasteiger partial charge is 0.457 e. The van der Waals surface area contributed by atoms with Gasteiger partial charge in [-0.1, -0.05) is 0 Å². The second-order valence-corrected chi connectivity index (χ2v) is 4.83. The molecule has 0 radical (unpaired) electrons. The van der Waals surface area contributed by atoms with Gasteiger partial charge in [0.15, 0.2) is 0 Å². The number of H-pyrrole nitrogens is 1. The molecule has 0 unspecified atom stereocenters. The molecule has 2 heterocycles. The summed E-state index contributed by atoms with van der Waals surface area (Å²) in [6.07, 6.45) is 1.55. The van der Waals surface area contributed by atoms with Crippen LogP contribution in [0.3, 0.4) is 0 Å². The number of amides is 1. The van der Waals surface area contributed by atoms with E-state index in [9.17, 15) is 9.59 Å². The summed E-state index contributed by atoms with van der Waals surface area (Å²) in [6, 6.07) is 8.62. The molecule has 0 bridgehead atoms. The Labute approximate surface area is 125 Å². The Kier molecular flexibility index (Phi) is 3.38. The Morgan fingerprint density at radius 2 is 2.05 bits per heavy atom. The number of nitrogens with one attached hydrogen (secondary N) is 2. The number of fused-ring (bicyclic) bond motifs is 1. The molecule has 1 amide bonds. The lowest BCUT2D eigenvalue weighted by Crippen LogP contribution is -2.11. The first-order valence-electron chi connectivity index (χ1n) is 6.63. The number of hydrogen-bond donors (Lipinski definition) is 2. The fourth-order valence-corrected chi connectivity index (χ4v) is 2.13. The molecule has 0 aliphatic rings. The third-order valence-corrected chi connectivity index (χ3v) is 3.15. The smallest absolute Gasteiger partial charge is 0.326 e. The molecule has 112 valence electrons. The highest BCUT2D eigenvalue weighted by Gasteiger charge is 2.06. The number of aryl methyl sites for hydroxylation is 1. The molecule has 2 aromatic heterocycles. The number of hydrogen-bond acceptors (Lipinski definition) is 4. The molecule has 7 nitrogen and oxygen atoms in total. The summed E-state index contributed by atoms with van der Waals surface area (Å²) < 4.78 is 7.26. The molecule has 22 heavy (non-hydrogen) atoms. The van der Waals surface area contributed by atoms with Gasteiger partial charge in [0.2, 0.25) is 5.91 Å². The van der Waals surface area contributed by atoms with E-state index in [1.807, 2.05) is 0 Å². The maximum absolute atomic E-state index is 11.6. The molecule has 3 aromatic rings. The molecule has 3 rings (SSSR count). The van der Waals surface area contributed by atoms with Gasteiger partial charge in [0, 0.05) is 32.3 Å². The van der Waals surface area contributed by atoms with Crippen LogP contribution in [0.25, 0.3) is 11.0 Å². The molecule has 0 aliphatic carbocycles. The number of imidazole rings is 1. The number of anilines is 1. The predicted octanol–water partition coefficient (Wildman–Crippen LogP) is 2.01. The van der Waals surface area contributed by atoms with Gasteiger partial charge in [-0.05, 0) is 18.2 Å². The van der Waals surface area contributed by atoms with Gasteiger partial charge < -0.3 is 15.0 Å². The number of carbonyl (C=O) groups excluding carboxylic acids is 1. The van der Waals surface area contributed by atoms with Crippen LogP contribution in [0, 0.1) is 0 Å². The van der Waals surface area contributed by atoms with E-state index in [2.05, 4.69) is 15.3 Å². The maximum atomic E-state index is 11.6. The van der Waals surface area contributed by atoms with Crippen molar-refractivity contribution in [2.24, 2.45) is 7.05 Å². The minimum atomic E-state index is -0.201. The second kappa shape index (κ2) is 5.36. The lowest BCUT2D eigenvalue weighted by atomic mass is 10.3. The number of aromatic amines is 1. The van der Waals surface area contributed by atoms with Crippen LogP contribution in [0.5, 0.6) is 11.5 Å². The highest BCUT2D eigenvalue weighted by molar-refractivity contribution is 5.87. The van der Waals surface area contributed by atoms with Crippen molar-refractivity contribution < 1.29 is 9.53 Å². The van der Waals surface area contributed by atoms with Gasteiger partial charge in [0.25, 0.3) is 0 Å². The van der Waals surface area contributed by atoms with Crippen molar-refractivity contribution >= 4 is 22.8 Å². The first-order valence-corrected chi connectivity index (χ1v) is 6.63. The molecule has 7 heteroatoms. The highest BCUT2D eigenvalue weighted by atomic mass is 16.5. The van der Waals surface area contributed by atoms with Gasteiger partial charge in [0.05, 0.1) is 11.0 Å². The zero-order chi connectivity index (χ0) is 15.7. The van der Waals surface area contributed by atoms with E-state index in [1.54, 1.807) is 43.6 Å². The number of rotatable bonds is 3. The average molecular weight is 298 g/mol. The quantitative estimate of drug-likeness (QED) is 0.774. The van der Waals surface area contributed by atoms with Crippen LogP contribution in [0.1, 0.15) is 6.92 Å². The molecule has 0 spiro atoms. The van der Waals surface area contributed by atoms with Gasteiger partial charge in [-0.15, -0.1) is 0 Å². The van der Waals surface area contributed by atoms with Crippen LogP contribution in [0.15, 0.2) is 41.3 Å². The number of carbonyl (C=O) groups is 1. The Balaban J connectivity index is 1.91. The third kappa shape index (κ3) is 2.69. The molecular weight excluding hydrogens is 284 g/mol. The van der Waals surface area contributed by atoms with Gasteiger partial charge in [-0.25, -0.2) is 9.78 Å². The summed E-state index contributed by atoms with van der Waals surface area (Å²) in [5, 5.41) is 2.59. The average Bonchev–Trinajstić information content (AvgIpc) is 2.74. The Morgan fingerprint density at radius 3 is 2.82 bits per heavy atom. The first kappa shape index (κ1) is 13.9. The van der Waals surface area contributed by atoms with E-state index >= 15 is 0 Å². The molecular formula is C15H14N4O3. The summed E-state index contributed by atoms with van der Waals surface area (Å²) in [5.74, 6) is 1.34. The topological polar surface area (TPSA) is 89.0 Å². The molecule has 0 saturated carbocycles. The van der Waals surface area contributed by atoms with E-state index in [4.69, 9.17) is 4.74 Å². The fraction of sp³-hybridized carbons (Fsp3) is 0.133. The lowest BCUT2D eigenvalue weighted by Gasteiger charge is -2.07. The molecule has 0 saturated heterocycles. The van der Waals surface area contributed by atoms with Crippen molar-refractivity contribution in [1.29, 1.82) is 0 Å². The fourth-order valence-electron chi connectivity index (χ4n) is 2.13. The second-order valence-electron chi connectivity index (χ2n) is 4.83. The zero-order valence-corrected chi connectivity index (χ0v) is 12.1. The van der Waals surface area contributed by atoms with Crippen molar-refractivity contribution in [2.45, 2.75) is 6.92 Å². The minimum Gasteiger partial charge on any atom is -0.457 e. The van der Waals surface area contributed by atoms with E-state index < -0.39 is 0 Å². The first-order chi connectivity index (χ1) is 10.5. The summed E-state index contributed by atoms with van der Waals surface area (Å²) in [4.78, 5) is 29.4. The predicted molar refractivity (Wildman–Crippen MR) is 82.2 cm³/mol. The number of nitrogens with zero attached hydrogens (tertiary/aromatic N) is 2. The van der Waals surface area contributed by atoms with Gasteiger partial charge in [0.1, 0.15) is 17.3 Å². The van der Waals surface area contributed by atoms with E-state index in [-0.39, 0.29) is 11.6 Å². The molecule has 0 aliphatic heterocycles. The van der Waals surface area contributed by atoms with Crippen molar-refractivity contribution in [2.75, 3.05) is 5.32 Å². The third-order valence-electron chi connectivity index (χ3n) is 3.15. The number of benzene rings is 1. The van der Waals surface area contributed by atoms with Crippen molar-refractivity contribution in [3.63, 3.8) is 0 Å². The molecule has 0 fully saturated rings. The zero-order valence-electron chi connectivity index (χ0n) is 12.1. The monoisotopic (exact) mass is 298 g/mol.